The first-order chi connectivity index (χ1) is 8.49. The summed E-state index contributed by atoms with van der Waals surface area (Å²) in [6.45, 7) is 4.38. The second kappa shape index (κ2) is 7.10. The summed E-state index contributed by atoms with van der Waals surface area (Å²) in [6.07, 6.45) is 0.815. The Bertz CT molecular complexity index is 405. The molecule has 100 valence electrons. The Morgan fingerprint density at radius 3 is 2.67 bits per heavy atom. The van der Waals surface area contributed by atoms with Crippen molar-refractivity contribution in [1.29, 1.82) is 0 Å². The first-order valence-corrected chi connectivity index (χ1v) is 7.30. The van der Waals surface area contributed by atoms with Crippen LogP contribution >= 0.6 is 27.5 Å². The predicted octanol–water partition coefficient (Wildman–Crippen LogP) is 4.11. The number of alkyl halides is 1. The second-order valence-electron chi connectivity index (χ2n) is 4.23. The van der Waals surface area contributed by atoms with E-state index in [1.165, 1.54) is 18.2 Å². The molecule has 0 aliphatic heterocycles. The normalized spacial score (nSPS) is 10.8. The molecule has 0 bridgehead atoms. The van der Waals surface area contributed by atoms with Crippen molar-refractivity contribution in [2.24, 2.45) is 0 Å². The van der Waals surface area contributed by atoms with Gasteiger partial charge < -0.3 is 4.90 Å². The Morgan fingerprint density at radius 1 is 1.50 bits per heavy atom. The number of amides is 1. The van der Waals surface area contributed by atoms with Gasteiger partial charge in [-0.2, -0.15) is 0 Å². The quantitative estimate of drug-likeness (QED) is 0.741. The Labute approximate surface area is 120 Å². The smallest absolute Gasteiger partial charge is 0.258 e. The van der Waals surface area contributed by atoms with Gasteiger partial charge in [-0.15, -0.1) is 0 Å². The van der Waals surface area contributed by atoms with E-state index in [0.717, 1.165) is 11.8 Å². The average Bonchev–Trinajstić information content (AvgIpc) is 2.28. The van der Waals surface area contributed by atoms with Gasteiger partial charge in [0.05, 0.1) is 10.6 Å². The molecule has 1 aromatic rings. The van der Waals surface area contributed by atoms with Crippen molar-refractivity contribution in [2.75, 3.05) is 11.9 Å². The maximum Gasteiger partial charge on any atom is 0.258 e. The fraction of sp³-hybridized carbons (Fsp3) is 0.462. The molecule has 0 aliphatic carbocycles. The first-order valence-electron chi connectivity index (χ1n) is 5.80. The molecule has 0 radical (unpaired) electrons. The summed E-state index contributed by atoms with van der Waals surface area (Å²) in [6, 6.07) is 4.28. The molecule has 1 aromatic carbocycles. The van der Waals surface area contributed by atoms with Crippen molar-refractivity contribution >= 4 is 33.4 Å². The minimum Gasteiger partial charge on any atom is -0.336 e. The van der Waals surface area contributed by atoms with Gasteiger partial charge in [0.2, 0.25) is 0 Å². The maximum atomic E-state index is 13.7. The summed E-state index contributed by atoms with van der Waals surface area (Å²) < 4.78 is 13.7. The van der Waals surface area contributed by atoms with Crippen molar-refractivity contribution < 1.29 is 9.18 Å². The summed E-state index contributed by atoms with van der Waals surface area (Å²) in [7, 11) is 0. The van der Waals surface area contributed by atoms with E-state index in [1.807, 2.05) is 13.8 Å². The van der Waals surface area contributed by atoms with Gasteiger partial charge in [0.15, 0.2) is 0 Å². The van der Waals surface area contributed by atoms with Gasteiger partial charge in [0, 0.05) is 17.9 Å². The lowest BCUT2D eigenvalue weighted by Gasteiger charge is -2.27. The molecule has 1 amide bonds. The number of hydrogen-bond donors (Lipinski definition) is 0. The molecule has 0 aliphatic rings. The average molecular weight is 337 g/mol. The van der Waals surface area contributed by atoms with Crippen LogP contribution in [0, 0.1) is 5.82 Å². The lowest BCUT2D eigenvalue weighted by Crippen LogP contribution is -2.38. The highest BCUT2D eigenvalue weighted by Gasteiger charge is 2.23. The standard InChI is InChI=1S/C13H16BrClFNO/c1-9(2)17(8-4-7-14)13(18)12-10(15)5-3-6-11(12)16/h3,5-6,9H,4,7-8H2,1-2H3. The van der Waals surface area contributed by atoms with E-state index >= 15 is 0 Å². The summed E-state index contributed by atoms with van der Waals surface area (Å²) in [5.41, 5.74) is -0.0394. The van der Waals surface area contributed by atoms with Gasteiger partial charge in [-0.1, -0.05) is 33.6 Å². The molecule has 0 unspecified atom stereocenters. The molecule has 0 spiro atoms. The van der Waals surface area contributed by atoms with Crippen LogP contribution in [-0.2, 0) is 0 Å². The van der Waals surface area contributed by atoms with Crippen molar-refractivity contribution in [1.82, 2.24) is 4.90 Å². The fourth-order valence-corrected chi connectivity index (χ4v) is 2.16. The van der Waals surface area contributed by atoms with Crippen molar-refractivity contribution in [3.8, 4) is 0 Å². The van der Waals surface area contributed by atoms with E-state index in [2.05, 4.69) is 15.9 Å². The molecule has 0 fully saturated rings. The van der Waals surface area contributed by atoms with Gasteiger partial charge >= 0.3 is 0 Å². The number of carbonyl (C=O) groups excluding carboxylic acids is 1. The number of halogens is 3. The van der Waals surface area contributed by atoms with Crippen LogP contribution < -0.4 is 0 Å². The fourth-order valence-electron chi connectivity index (χ4n) is 1.67. The zero-order valence-corrected chi connectivity index (χ0v) is 12.8. The Kier molecular flexibility index (Phi) is 6.09. The molecular formula is C13H16BrClFNO. The minimum atomic E-state index is -0.572. The molecule has 0 aromatic heterocycles. The van der Waals surface area contributed by atoms with Crippen molar-refractivity contribution in [3.05, 3.63) is 34.6 Å². The number of carbonyl (C=O) groups is 1. The third-order valence-electron chi connectivity index (χ3n) is 2.59. The lowest BCUT2D eigenvalue weighted by atomic mass is 10.1. The van der Waals surface area contributed by atoms with Crippen LogP contribution in [0.1, 0.15) is 30.6 Å². The molecular weight excluding hydrogens is 321 g/mol. The van der Waals surface area contributed by atoms with Crippen LogP contribution in [0.4, 0.5) is 4.39 Å². The molecule has 2 nitrogen and oxygen atoms in total. The largest absolute Gasteiger partial charge is 0.336 e. The molecule has 0 N–H and O–H groups in total. The highest BCUT2D eigenvalue weighted by atomic mass is 79.9. The zero-order valence-electron chi connectivity index (χ0n) is 10.4. The highest BCUT2D eigenvalue weighted by Crippen LogP contribution is 2.22. The number of hydrogen-bond acceptors (Lipinski definition) is 1. The van der Waals surface area contributed by atoms with Crippen LogP contribution in [0.15, 0.2) is 18.2 Å². The Morgan fingerprint density at radius 2 is 2.17 bits per heavy atom. The molecule has 0 saturated heterocycles. The van der Waals surface area contributed by atoms with E-state index < -0.39 is 5.82 Å². The number of benzene rings is 1. The summed E-state index contributed by atoms with van der Waals surface area (Å²) in [5.74, 6) is -0.925. The SMILES string of the molecule is CC(C)N(CCCBr)C(=O)c1c(F)cccc1Cl. The van der Waals surface area contributed by atoms with E-state index in [4.69, 9.17) is 11.6 Å². The van der Waals surface area contributed by atoms with Crippen molar-refractivity contribution in [3.63, 3.8) is 0 Å². The second-order valence-corrected chi connectivity index (χ2v) is 5.43. The summed E-state index contributed by atoms with van der Waals surface area (Å²) >= 11 is 9.23. The molecule has 0 heterocycles. The van der Waals surface area contributed by atoms with E-state index in [1.54, 1.807) is 4.90 Å². The Hall–Kier alpha value is -0.610. The van der Waals surface area contributed by atoms with Crippen LogP contribution in [0.5, 0.6) is 0 Å². The van der Waals surface area contributed by atoms with E-state index in [-0.39, 0.29) is 22.5 Å². The lowest BCUT2D eigenvalue weighted by molar-refractivity contribution is 0.0702. The van der Waals surface area contributed by atoms with Crippen LogP contribution in [0.25, 0.3) is 0 Å². The van der Waals surface area contributed by atoms with Gasteiger partial charge in [-0.05, 0) is 32.4 Å². The maximum absolute atomic E-state index is 13.7. The summed E-state index contributed by atoms with van der Waals surface area (Å²) in [5, 5.41) is 0.957. The molecule has 5 heteroatoms. The molecule has 18 heavy (non-hydrogen) atoms. The van der Waals surface area contributed by atoms with E-state index in [0.29, 0.717) is 6.54 Å². The van der Waals surface area contributed by atoms with Crippen LogP contribution in [0.2, 0.25) is 5.02 Å². The molecule has 1 rings (SSSR count). The minimum absolute atomic E-state index is 0.00669. The zero-order chi connectivity index (χ0) is 13.7. The van der Waals surface area contributed by atoms with Gasteiger partial charge in [-0.3, -0.25) is 4.79 Å². The third kappa shape index (κ3) is 3.69. The van der Waals surface area contributed by atoms with Crippen LogP contribution in [0.3, 0.4) is 0 Å². The molecule has 0 atom stereocenters. The third-order valence-corrected chi connectivity index (χ3v) is 3.47. The van der Waals surface area contributed by atoms with Crippen molar-refractivity contribution in [2.45, 2.75) is 26.3 Å². The van der Waals surface area contributed by atoms with E-state index in [9.17, 15) is 9.18 Å². The molecule has 0 saturated carbocycles. The number of nitrogens with zero attached hydrogens (tertiary/aromatic N) is 1. The van der Waals surface area contributed by atoms with Gasteiger partial charge in [0.1, 0.15) is 5.82 Å². The predicted molar refractivity (Wildman–Crippen MR) is 76.0 cm³/mol. The number of rotatable bonds is 5. The monoisotopic (exact) mass is 335 g/mol. The van der Waals surface area contributed by atoms with Gasteiger partial charge in [0.25, 0.3) is 5.91 Å². The first kappa shape index (κ1) is 15.4. The highest BCUT2D eigenvalue weighted by molar-refractivity contribution is 9.09. The van der Waals surface area contributed by atoms with Gasteiger partial charge in [-0.25, -0.2) is 4.39 Å². The topological polar surface area (TPSA) is 20.3 Å². The van der Waals surface area contributed by atoms with Crippen LogP contribution in [-0.4, -0.2) is 28.7 Å². The summed E-state index contributed by atoms with van der Waals surface area (Å²) in [4.78, 5) is 14.0. The Balaban J connectivity index is 3.02.